The third-order valence-electron chi connectivity index (χ3n) is 3.00. The molecule has 2 aromatic rings. The van der Waals surface area contributed by atoms with Crippen molar-refractivity contribution >= 4 is 5.97 Å². The van der Waals surface area contributed by atoms with Gasteiger partial charge in [0.25, 0.3) is 5.56 Å². The molecule has 0 aliphatic carbocycles. The summed E-state index contributed by atoms with van der Waals surface area (Å²) in [7, 11) is 0. The summed E-state index contributed by atoms with van der Waals surface area (Å²) in [5, 5.41) is 12.8. The lowest BCUT2D eigenvalue weighted by atomic mass is 10.3. The SMILES string of the molecule is CCCCn1c(=O)c(C(=O)O)nn(-c2ccccc2)c1=O. The van der Waals surface area contributed by atoms with Gasteiger partial charge in [-0.25, -0.2) is 9.59 Å². The van der Waals surface area contributed by atoms with Gasteiger partial charge in [-0.2, -0.15) is 9.78 Å². The van der Waals surface area contributed by atoms with Gasteiger partial charge in [0.1, 0.15) is 0 Å². The minimum Gasteiger partial charge on any atom is -0.476 e. The second-order valence-electron chi connectivity index (χ2n) is 4.49. The van der Waals surface area contributed by atoms with Crippen LogP contribution in [0.4, 0.5) is 0 Å². The molecule has 1 N–H and O–H groups in total. The maximum absolute atomic E-state index is 12.3. The first kappa shape index (κ1) is 14.7. The highest BCUT2D eigenvalue weighted by Crippen LogP contribution is 2.02. The smallest absolute Gasteiger partial charge is 0.362 e. The van der Waals surface area contributed by atoms with E-state index in [-0.39, 0.29) is 6.54 Å². The first-order valence-corrected chi connectivity index (χ1v) is 6.59. The molecule has 2 rings (SSSR count). The third-order valence-corrected chi connectivity index (χ3v) is 3.00. The Morgan fingerprint density at radius 2 is 1.90 bits per heavy atom. The van der Waals surface area contributed by atoms with Crippen LogP contribution in [-0.4, -0.2) is 25.4 Å². The number of hydrogen-bond acceptors (Lipinski definition) is 4. The van der Waals surface area contributed by atoms with Gasteiger partial charge in [0.05, 0.1) is 5.69 Å². The van der Waals surface area contributed by atoms with Crippen LogP contribution in [0.1, 0.15) is 30.3 Å². The Balaban J connectivity index is 2.72. The van der Waals surface area contributed by atoms with Crippen LogP contribution in [0.25, 0.3) is 5.69 Å². The Hall–Kier alpha value is -2.70. The molecule has 0 aliphatic heterocycles. The molecule has 0 amide bonds. The number of rotatable bonds is 5. The molecule has 0 fully saturated rings. The van der Waals surface area contributed by atoms with Gasteiger partial charge < -0.3 is 5.11 Å². The minimum atomic E-state index is -1.45. The van der Waals surface area contributed by atoms with E-state index in [1.807, 2.05) is 6.92 Å². The van der Waals surface area contributed by atoms with Crippen molar-refractivity contribution < 1.29 is 9.90 Å². The lowest BCUT2D eigenvalue weighted by Crippen LogP contribution is -2.44. The summed E-state index contributed by atoms with van der Waals surface area (Å²) in [6, 6.07) is 8.40. The molecule has 21 heavy (non-hydrogen) atoms. The fraction of sp³-hybridized carbons (Fsp3) is 0.286. The van der Waals surface area contributed by atoms with Crippen molar-refractivity contribution in [2.45, 2.75) is 26.3 Å². The highest BCUT2D eigenvalue weighted by Gasteiger charge is 2.18. The predicted octanol–water partition coefficient (Wildman–Crippen LogP) is 0.893. The lowest BCUT2D eigenvalue weighted by Gasteiger charge is -2.10. The molecule has 1 aromatic carbocycles. The molecule has 0 atom stereocenters. The molecule has 0 spiro atoms. The second-order valence-corrected chi connectivity index (χ2v) is 4.49. The zero-order valence-electron chi connectivity index (χ0n) is 11.5. The number of hydrogen-bond donors (Lipinski definition) is 1. The van der Waals surface area contributed by atoms with Crippen LogP contribution >= 0.6 is 0 Å². The summed E-state index contributed by atoms with van der Waals surface area (Å²) in [4.78, 5) is 35.5. The van der Waals surface area contributed by atoms with Crippen molar-refractivity contribution in [3.63, 3.8) is 0 Å². The first-order chi connectivity index (χ1) is 10.1. The van der Waals surface area contributed by atoms with E-state index >= 15 is 0 Å². The number of para-hydroxylation sites is 1. The number of carboxylic acid groups (broad SMARTS) is 1. The number of nitrogens with zero attached hydrogens (tertiary/aromatic N) is 3. The Bertz CT molecular complexity index is 762. The van der Waals surface area contributed by atoms with Crippen LogP contribution in [-0.2, 0) is 6.54 Å². The Labute approximate surface area is 120 Å². The number of aromatic nitrogens is 3. The van der Waals surface area contributed by atoms with Gasteiger partial charge in [-0.1, -0.05) is 31.5 Å². The highest BCUT2D eigenvalue weighted by molar-refractivity contribution is 5.84. The molecule has 7 heteroatoms. The predicted molar refractivity (Wildman–Crippen MR) is 76.0 cm³/mol. The molecular weight excluding hydrogens is 274 g/mol. The normalized spacial score (nSPS) is 10.5. The quantitative estimate of drug-likeness (QED) is 0.882. The van der Waals surface area contributed by atoms with Gasteiger partial charge in [0.2, 0.25) is 5.69 Å². The molecule has 0 unspecified atom stereocenters. The van der Waals surface area contributed by atoms with Crippen LogP contribution in [0, 0.1) is 0 Å². The number of aromatic carboxylic acids is 1. The molecule has 7 nitrogen and oxygen atoms in total. The highest BCUT2D eigenvalue weighted by atomic mass is 16.4. The molecule has 110 valence electrons. The van der Waals surface area contributed by atoms with Gasteiger partial charge in [-0.15, -0.1) is 0 Å². The van der Waals surface area contributed by atoms with E-state index in [0.717, 1.165) is 15.7 Å². The molecule has 1 aromatic heterocycles. The Morgan fingerprint density at radius 3 is 2.48 bits per heavy atom. The van der Waals surface area contributed by atoms with E-state index in [1.165, 1.54) is 0 Å². The largest absolute Gasteiger partial charge is 0.476 e. The molecule has 0 aliphatic rings. The van der Waals surface area contributed by atoms with Crippen molar-refractivity contribution in [2.75, 3.05) is 0 Å². The zero-order valence-corrected chi connectivity index (χ0v) is 11.5. The van der Waals surface area contributed by atoms with E-state index in [2.05, 4.69) is 5.10 Å². The fourth-order valence-corrected chi connectivity index (χ4v) is 1.90. The lowest BCUT2D eigenvalue weighted by molar-refractivity contribution is 0.0684. The maximum Gasteiger partial charge on any atom is 0.362 e. The molecule has 0 bridgehead atoms. The summed E-state index contributed by atoms with van der Waals surface area (Å²) < 4.78 is 1.87. The van der Waals surface area contributed by atoms with Crippen LogP contribution in [0.3, 0.4) is 0 Å². The van der Waals surface area contributed by atoms with Crippen LogP contribution in [0.5, 0.6) is 0 Å². The Morgan fingerprint density at radius 1 is 1.24 bits per heavy atom. The van der Waals surface area contributed by atoms with Crippen LogP contribution in [0.15, 0.2) is 39.9 Å². The van der Waals surface area contributed by atoms with Crippen molar-refractivity contribution in [3.05, 3.63) is 56.9 Å². The van der Waals surface area contributed by atoms with Crippen molar-refractivity contribution in [1.29, 1.82) is 0 Å². The van der Waals surface area contributed by atoms with Crippen LogP contribution < -0.4 is 11.2 Å². The average Bonchev–Trinajstić information content (AvgIpc) is 2.48. The van der Waals surface area contributed by atoms with E-state index in [0.29, 0.717) is 12.1 Å². The van der Waals surface area contributed by atoms with Gasteiger partial charge in [0, 0.05) is 6.54 Å². The molecule has 0 saturated carbocycles. The summed E-state index contributed by atoms with van der Waals surface area (Å²) in [6.45, 7) is 2.09. The molecule has 0 saturated heterocycles. The second kappa shape index (κ2) is 6.17. The average molecular weight is 289 g/mol. The fourth-order valence-electron chi connectivity index (χ4n) is 1.90. The molecule has 1 heterocycles. The van der Waals surface area contributed by atoms with Crippen molar-refractivity contribution in [1.82, 2.24) is 14.3 Å². The monoisotopic (exact) mass is 289 g/mol. The zero-order chi connectivity index (χ0) is 15.4. The summed E-state index contributed by atoms with van der Waals surface area (Å²) in [5.74, 6) is -1.45. The number of carboxylic acids is 1. The maximum atomic E-state index is 12.3. The molecule has 0 radical (unpaired) electrons. The summed E-state index contributed by atoms with van der Waals surface area (Å²) >= 11 is 0. The number of carbonyl (C=O) groups is 1. The minimum absolute atomic E-state index is 0.170. The summed E-state index contributed by atoms with van der Waals surface area (Å²) in [5.41, 5.74) is -1.75. The topological polar surface area (TPSA) is 94.2 Å². The third kappa shape index (κ3) is 2.91. The summed E-state index contributed by atoms with van der Waals surface area (Å²) in [6.07, 6.45) is 1.38. The van der Waals surface area contributed by atoms with Crippen LogP contribution in [0.2, 0.25) is 0 Å². The van der Waals surface area contributed by atoms with E-state index in [1.54, 1.807) is 30.3 Å². The standard InChI is InChI=1S/C14H15N3O4/c1-2-3-9-16-12(18)11(13(19)20)15-17(14(16)21)10-7-5-4-6-8-10/h4-8H,2-3,9H2,1H3,(H,19,20). The first-order valence-electron chi connectivity index (χ1n) is 6.59. The van der Waals surface area contributed by atoms with Gasteiger partial charge in [0.15, 0.2) is 0 Å². The van der Waals surface area contributed by atoms with E-state index in [9.17, 15) is 14.4 Å². The Kier molecular flexibility index (Phi) is 4.32. The number of benzene rings is 1. The van der Waals surface area contributed by atoms with E-state index < -0.39 is 22.9 Å². The number of unbranched alkanes of at least 4 members (excludes halogenated alkanes) is 1. The van der Waals surface area contributed by atoms with Gasteiger partial charge in [-0.05, 0) is 18.6 Å². The van der Waals surface area contributed by atoms with Gasteiger partial charge >= 0.3 is 11.7 Å². The van der Waals surface area contributed by atoms with Crippen molar-refractivity contribution in [3.8, 4) is 5.69 Å². The molecular formula is C14H15N3O4. The van der Waals surface area contributed by atoms with Gasteiger partial charge in [-0.3, -0.25) is 9.36 Å². The van der Waals surface area contributed by atoms with Crippen molar-refractivity contribution in [2.24, 2.45) is 0 Å². The van der Waals surface area contributed by atoms with E-state index in [4.69, 9.17) is 5.11 Å².